The van der Waals surface area contributed by atoms with Gasteiger partial charge >= 0.3 is 0 Å². The van der Waals surface area contributed by atoms with E-state index in [0.29, 0.717) is 12.1 Å². The van der Waals surface area contributed by atoms with Gasteiger partial charge in [0.25, 0.3) is 0 Å². The lowest BCUT2D eigenvalue weighted by Crippen LogP contribution is -2.59. The second-order valence-corrected chi connectivity index (χ2v) is 6.29. The van der Waals surface area contributed by atoms with E-state index in [1.807, 2.05) is 19.1 Å². The van der Waals surface area contributed by atoms with Crippen molar-refractivity contribution in [3.05, 3.63) is 29.6 Å². The van der Waals surface area contributed by atoms with Crippen LogP contribution < -0.4 is 4.90 Å². The molecule has 0 spiro atoms. The molecule has 2 fully saturated rings. The van der Waals surface area contributed by atoms with Crippen LogP contribution in [0, 0.1) is 12.7 Å². The van der Waals surface area contributed by atoms with Crippen LogP contribution in [0.1, 0.15) is 38.2 Å². The predicted molar refractivity (Wildman–Crippen MR) is 81.8 cm³/mol. The zero-order chi connectivity index (χ0) is 14.1. The summed E-state index contributed by atoms with van der Waals surface area (Å²) in [5, 5.41) is 0. The van der Waals surface area contributed by atoms with E-state index in [1.165, 1.54) is 31.5 Å². The first kappa shape index (κ1) is 13.9. The number of fused-ring (bicyclic) bond motifs is 1. The molecule has 0 aliphatic carbocycles. The average Bonchev–Trinajstić information content (AvgIpc) is 2.48. The van der Waals surface area contributed by atoms with Crippen molar-refractivity contribution in [3.8, 4) is 0 Å². The predicted octanol–water partition coefficient (Wildman–Crippen LogP) is 3.59. The fourth-order valence-electron chi connectivity index (χ4n) is 3.73. The second kappa shape index (κ2) is 5.72. The number of benzene rings is 1. The summed E-state index contributed by atoms with van der Waals surface area (Å²) in [4.78, 5) is 5.18. The third kappa shape index (κ3) is 2.56. The van der Waals surface area contributed by atoms with Crippen LogP contribution in [0.25, 0.3) is 0 Å². The summed E-state index contributed by atoms with van der Waals surface area (Å²) in [7, 11) is 0. The van der Waals surface area contributed by atoms with Crippen LogP contribution >= 0.6 is 0 Å². The lowest BCUT2D eigenvalue weighted by molar-refractivity contribution is 0.111. The molecule has 0 radical (unpaired) electrons. The molecule has 2 saturated heterocycles. The van der Waals surface area contributed by atoms with Crippen molar-refractivity contribution in [3.63, 3.8) is 0 Å². The Hall–Kier alpha value is -1.09. The summed E-state index contributed by atoms with van der Waals surface area (Å²) < 4.78 is 13.5. The standard InChI is InChI=1S/C17H25FN2/c1-3-14-11-19-9-5-4-6-16(19)12-20(14)15-7-8-17(18)13(2)10-15/h7-8,10,14,16H,3-6,9,11-12H2,1-2H3. The molecule has 2 aliphatic heterocycles. The maximum atomic E-state index is 13.5. The molecule has 110 valence electrons. The van der Waals surface area contributed by atoms with Crippen molar-refractivity contribution < 1.29 is 4.39 Å². The fraction of sp³-hybridized carbons (Fsp3) is 0.647. The highest BCUT2D eigenvalue weighted by atomic mass is 19.1. The van der Waals surface area contributed by atoms with Crippen LogP contribution in [-0.4, -0.2) is 36.6 Å². The Labute approximate surface area is 121 Å². The summed E-state index contributed by atoms with van der Waals surface area (Å²) in [6.07, 6.45) is 5.17. The molecular weight excluding hydrogens is 251 g/mol. The van der Waals surface area contributed by atoms with E-state index < -0.39 is 0 Å². The highest BCUT2D eigenvalue weighted by Crippen LogP contribution is 2.30. The van der Waals surface area contributed by atoms with Gasteiger partial charge in [0.2, 0.25) is 0 Å². The molecule has 0 saturated carbocycles. The van der Waals surface area contributed by atoms with Crippen molar-refractivity contribution in [2.24, 2.45) is 0 Å². The van der Waals surface area contributed by atoms with E-state index in [9.17, 15) is 4.39 Å². The topological polar surface area (TPSA) is 6.48 Å². The molecule has 2 atom stereocenters. The van der Waals surface area contributed by atoms with Gasteiger partial charge in [-0.15, -0.1) is 0 Å². The monoisotopic (exact) mass is 276 g/mol. The van der Waals surface area contributed by atoms with Crippen LogP contribution in [0.4, 0.5) is 10.1 Å². The first-order valence-corrected chi connectivity index (χ1v) is 7.96. The Bertz CT molecular complexity index is 474. The number of halogens is 1. The second-order valence-electron chi connectivity index (χ2n) is 6.29. The van der Waals surface area contributed by atoms with Gasteiger partial charge in [-0.25, -0.2) is 4.39 Å². The van der Waals surface area contributed by atoms with Crippen molar-refractivity contribution in [2.45, 2.75) is 51.6 Å². The first-order valence-electron chi connectivity index (χ1n) is 7.96. The van der Waals surface area contributed by atoms with E-state index in [-0.39, 0.29) is 5.82 Å². The highest BCUT2D eigenvalue weighted by molar-refractivity contribution is 5.50. The number of piperidine rings is 1. The summed E-state index contributed by atoms with van der Waals surface area (Å²) in [5.41, 5.74) is 1.95. The van der Waals surface area contributed by atoms with Gasteiger partial charge in [-0.3, -0.25) is 4.90 Å². The van der Waals surface area contributed by atoms with E-state index >= 15 is 0 Å². The minimum atomic E-state index is -0.0990. The molecule has 0 N–H and O–H groups in total. The molecule has 3 heteroatoms. The summed E-state index contributed by atoms with van der Waals surface area (Å²) in [6.45, 7) is 7.65. The van der Waals surface area contributed by atoms with E-state index in [0.717, 1.165) is 25.1 Å². The Morgan fingerprint density at radius 1 is 1.25 bits per heavy atom. The van der Waals surface area contributed by atoms with Crippen molar-refractivity contribution >= 4 is 5.69 Å². The third-order valence-corrected chi connectivity index (χ3v) is 4.99. The maximum Gasteiger partial charge on any atom is 0.126 e. The van der Waals surface area contributed by atoms with E-state index in [2.05, 4.69) is 16.7 Å². The largest absolute Gasteiger partial charge is 0.366 e. The van der Waals surface area contributed by atoms with Crippen LogP contribution in [-0.2, 0) is 0 Å². The zero-order valence-corrected chi connectivity index (χ0v) is 12.6. The minimum absolute atomic E-state index is 0.0990. The Balaban J connectivity index is 1.84. The molecule has 3 rings (SSSR count). The van der Waals surface area contributed by atoms with Crippen LogP contribution in [0.2, 0.25) is 0 Å². The number of hydrogen-bond acceptors (Lipinski definition) is 2. The Morgan fingerprint density at radius 2 is 2.10 bits per heavy atom. The van der Waals surface area contributed by atoms with Gasteiger partial charge in [-0.1, -0.05) is 13.3 Å². The Kier molecular flexibility index (Phi) is 3.97. The van der Waals surface area contributed by atoms with E-state index in [1.54, 1.807) is 6.07 Å². The molecule has 2 heterocycles. The Morgan fingerprint density at radius 3 is 2.85 bits per heavy atom. The number of nitrogens with zero attached hydrogens (tertiary/aromatic N) is 2. The molecule has 1 aromatic carbocycles. The molecule has 20 heavy (non-hydrogen) atoms. The lowest BCUT2D eigenvalue weighted by Gasteiger charge is -2.49. The summed E-state index contributed by atoms with van der Waals surface area (Å²) >= 11 is 0. The first-order chi connectivity index (χ1) is 9.69. The number of anilines is 1. The van der Waals surface area contributed by atoms with Crippen molar-refractivity contribution in [1.29, 1.82) is 0 Å². The zero-order valence-electron chi connectivity index (χ0n) is 12.6. The highest BCUT2D eigenvalue weighted by Gasteiger charge is 2.34. The lowest BCUT2D eigenvalue weighted by atomic mass is 9.95. The molecule has 0 amide bonds. The summed E-state index contributed by atoms with van der Waals surface area (Å²) in [5.74, 6) is -0.0990. The van der Waals surface area contributed by atoms with Gasteiger partial charge in [0.15, 0.2) is 0 Å². The van der Waals surface area contributed by atoms with Gasteiger partial charge in [0.05, 0.1) is 0 Å². The van der Waals surface area contributed by atoms with Gasteiger partial charge in [0.1, 0.15) is 5.82 Å². The quantitative estimate of drug-likeness (QED) is 0.814. The number of piperazine rings is 1. The average molecular weight is 276 g/mol. The van der Waals surface area contributed by atoms with Crippen LogP contribution in [0.3, 0.4) is 0 Å². The molecule has 0 aromatic heterocycles. The number of hydrogen-bond donors (Lipinski definition) is 0. The van der Waals surface area contributed by atoms with Crippen molar-refractivity contribution in [1.82, 2.24) is 4.90 Å². The molecular formula is C17H25FN2. The minimum Gasteiger partial charge on any atom is -0.366 e. The van der Waals surface area contributed by atoms with Gasteiger partial charge < -0.3 is 4.90 Å². The van der Waals surface area contributed by atoms with Crippen molar-refractivity contribution in [2.75, 3.05) is 24.5 Å². The normalized spacial score (nSPS) is 27.4. The van der Waals surface area contributed by atoms with Gasteiger partial charge in [0, 0.05) is 30.9 Å². The SMILES string of the molecule is CCC1CN2CCCCC2CN1c1ccc(F)c(C)c1. The molecule has 1 aromatic rings. The number of aryl methyl sites for hydroxylation is 1. The van der Waals surface area contributed by atoms with Gasteiger partial charge in [-0.05, 0) is 56.5 Å². The molecule has 2 unspecified atom stereocenters. The molecule has 0 bridgehead atoms. The van der Waals surface area contributed by atoms with Gasteiger partial charge in [-0.2, -0.15) is 0 Å². The van der Waals surface area contributed by atoms with Crippen LogP contribution in [0.15, 0.2) is 18.2 Å². The summed E-state index contributed by atoms with van der Waals surface area (Å²) in [6, 6.07) is 6.83. The third-order valence-electron chi connectivity index (χ3n) is 4.99. The van der Waals surface area contributed by atoms with Crippen LogP contribution in [0.5, 0.6) is 0 Å². The smallest absolute Gasteiger partial charge is 0.126 e. The van der Waals surface area contributed by atoms with E-state index in [4.69, 9.17) is 0 Å². The number of rotatable bonds is 2. The maximum absolute atomic E-state index is 13.5. The fourth-order valence-corrected chi connectivity index (χ4v) is 3.73. The molecule has 2 nitrogen and oxygen atoms in total. The molecule has 2 aliphatic rings.